The molecular weight excluding hydrogens is 1020 g/mol. The zero-order chi connectivity index (χ0) is 51.5. The van der Waals surface area contributed by atoms with Crippen LogP contribution >= 0.6 is 23.5 Å². The summed E-state index contributed by atoms with van der Waals surface area (Å²) in [5.41, 5.74) is 0. The first-order valence-corrected chi connectivity index (χ1v) is 40.6. The van der Waals surface area contributed by atoms with Crippen molar-refractivity contribution in [2.45, 2.75) is 345 Å². The van der Waals surface area contributed by atoms with Crippen molar-refractivity contribution >= 4 is 54.7 Å². The molecule has 0 atom stereocenters. The maximum absolute atomic E-state index is 13.7. The van der Waals surface area contributed by atoms with E-state index in [9.17, 15) is 9.59 Å². The van der Waals surface area contributed by atoms with Crippen LogP contribution in [0.4, 0.5) is 0 Å². The molecule has 0 fully saturated rings. The molecule has 0 aliphatic carbocycles. The Balaban J connectivity index is 5.02. The summed E-state index contributed by atoms with van der Waals surface area (Å²) in [5, 5.41) is 0. The van der Waals surface area contributed by atoms with E-state index in [-0.39, 0.29) is 11.9 Å². The van der Waals surface area contributed by atoms with Crippen LogP contribution in [-0.4, -0.2) is 54.2 Å². The van der Waals surface area contributed by atoms with Gasteiger partial charge in [0.25, 0.3) is 0 Å². The van der Waals surface area contributed by atoms with Crippen molar-refractivity contribution in [1.29, 1.82) is 0 Å². The van der Waals surface area contributed by atoms with Gasteiger partial charge in [-0.25, -0.2) is 0 Å². The van der Waals surface area contributed by atoms with E-state index >= 15 is 0 Å². The van der Waals surface area contributed by atoms with E-state index in [1.165, 1.54) is 270 Å². The second-order valence-electron chi connectivity index (χ2n) is 21.7. The van der Waals surface area contributed by atoms with Gasteiger partial charge in [-0.05, 0) is 25.7 Å². The monoisotopic (exact) mass is 1140 g/mol. The van der Waals surface area contributed by atoms with E-state index in [4.69, 9.17) is 6.15 Å². The number of thioether (sulfide) groups is 2. The molecule has 7 heteroatoms. The molecule has 0 heterocycles. The summed E-state index contributed by atoms with van der Waals surface area (Å²) in [6.45, 7) is 9.15. The fraction of sp³-hybridized carbons (Fsp3) is 0.906. The SMILES string of the molecule is CCCCCCCC/C=C\CCCCCCCCSCC(=O)[O][Sn]([CH2]CCCCCCCCCCC)([CH2]CCCCCCCCCCC)[O]C(=O)CSCCCCCCCC/C=C\CCCCCCCC. The minimum Gasteiger partial charge on any atom is -0.0885 e. The van der Waals surface area contributed by atoms with Crippen molar-refractivity contribution in [1.82, 2.24) is 0 Å². The van der Waals surface area contributed by atoms with E-state index < -0.39 is 19.2 Å². The minimum atomic E-state index is -4.05. The molecule has 0 amide bonds. The molecule has 0 aromatic rings. The van der Waals surface area contributed by atoms with Crippen LogP contribution in [0.2, 0.25) is 8.87 Å². The molecule has 0 aliphatic rings. The van der Waals surface area contributed by atoms with Crippen molar-refractivity contribution in [3.63, 3.8) is 0 Å². The summed E-state index contributed by atoms with van der Waals surface area (Å²) < 4.78 is 14.9. The molecule has 0 radical (unpaired) electrons. The molecule has 0 saturated carbocycles. The predicted octanol–water partition coefficient (Wildman–Crippen LogP) is 22.9. The number of rotatable bonds is 60. The van der Waals surface area contributed by atoms with Crippen LogP contribution in [-0.2, 0) is 15.7 Å². The Morgan fingerprint density at radius 2 is 0.507 bits per heavy atom. The van der Waals surface area contributed by atoms with Crippen molar-refractivity contribution < 1.29 is 15.7 Å². The van der Waals surface area contributed by atoms with Gasteiger partial charge < -0.3 is 0 Å². The Morgan fingerprint density at radius 3 is 0.761 bits per heavy atom. The van der Waals surface area contributed by atoms with Crippen LogP contribution in [0.1, 0.15) is 336 Å². The second kappa shape index (κ2) is 60.8. The standard InChI is InChI=1S/2C20H38O2S.2C12H25.Sn/c2*1-2-3-4-5-6-7-8-9-10-11-12-13-14-15-16-17-18-23-19-20(21)22;2*1-3-5-7-9-11-12-10-8-6-4-2;/h2*9-10H,2-8,11-19H2,1H3,(H,21,22);2*1,3-12H2,2H3;/q;;;;+2/p-2/b2*10-9-;;;. The minimum absolute atomic E-state index is 0.112. The van der Waals surface area contributed by atoms with Gasteiger partial charge in [-0.15, -0.1) is 0 Å². The quantitative estimate of drug-likeness (QED) is 0.0344. The third kappa shape index (κ3) is 56.0. The molecule has 0 rings (SSSR count). The fourth-order valence-electron chi connectivity index (χ4n) is 9.80. The maximum atomic E-state index is 13.7. The average Bonchev–Trinajstić information content (AvgIpc) is 3.36. The smallest absolute Gasteiger partial charge is 0.0885 e. The number of unbranched alkanes of at least 4 members (excludes halogenated alkanes) is 42. The van der Waals surface area contributed by atoms with Crippen molar-refractivity contribution in [3.05, 3.63) is 24.3 Å². The van der Waals surface area contributed by atoms with E-state index in [1.807, 2.05) is 0 Å². The Kier molecular flexibility index (Phi) is 60.7. The predicted molar refractivity (Wildman–Crippen MR) is 325 cm³/mol. The summed E-state index contributed by atoms with van der Waals surface area (Å²) in [6, 6.07) is 0. The second-order valence-corrected chi connectivity index (χ2v) is 33.1. The number of hydrogen-bond donors (Lipinski definition) is 0. The van der Waals surface area contributed by atoms with Gasteiger partial charge in [0.1, 0.15) is 0 Å². The molecule has 0 unspecified atom stereocenters. The van der Waals surface area contributed by atoms with Crippen LogP contribution in [0, 0.1) is 0 Å². The van der Waals surface area contributed by atoms with Crippen LogP contribution < -0.4 is 0 Å². The van der Waals surface area contributed by atoms with Crippen LogP contribution in [0.15, 0.2) is 24.3 Å². The van der Waals surface area contributed by atoms with Crippen molar-refractivity contribution in [2.24, 2.45) is 0 Å². The van der Waals surface area contributed by atoms with E-state index in [2.05, 4.69) is 52.0 Å². The summed E-state index contributed by atoms with van der Waals surface area (Å²) >= 11 is -0.587. The molecule has 0 aromatic carbocycles. The Morgan fingerprint density at radius 1 is 0.296 bits per heavy atom. The van der Waals surface area contributed by atoms with Gasteiger partial charge in [0.15, 0.2) is 0 Å². The average molecular weight is 1140 g/mol. The molecule has 0 N–H and O–H groups in total. The van der Waals surface area contributed by atoms with Gasteiger partial charge in [-0.2, -0.15) is 0 Å². The third-order valence-corrected chi connectivity index (χ3v) is 26.3. The van der Waals surface area contributed by atoms with Crippen LogP contribution in [0.25, 0.3) is 0 Å². The van der Waals surface area contributed by atoms with Crippen LogP contribution in [0.3, 0.4) is 0 Å². The molecule has 4 nitrogen and oxygen atoms in total. The Bertz CT molecular complexity index is 1040. The van der Waals surface area contributed by atoms with Gasteiger partial charge >= 0.3 is 334 Å². The summed E-state index contributed by atoms with van der Waals surface area (Å²) in [7, 11) is 0. The normalized spacial score (nSPS) is 12.0. The number of hydrogen-bond acceptors (Lipinski definition) is 6. The van der Waals surface area contributed by atoms with Gasteiger partial charge in [0.2, 0.25) is 0 Å². The summed E-state index contributed by atoms with van der Waals surface area (Å²) in [5.74, 6) is 2.56. The molecule has 420 valence electrons. The first-order valence-electron chi connectivity index (χ1n) is 31.9. The van der Waals surface area contributed by atoms with Crippen LogP contribution in [0.5, 0.6) is 0 Å². The summed E-state index contributed by atoms with van der Waals surface area (Å²) in [4.78, 5) is 27.4. The van der Waals surface area contributed by atoms with Crippen molar-refractivity contribution in [2.75, 3.05) is 23.0 Å². The zero-order valence-electron chi connectivity index (χ0n) is 48.4. The van der Waals surface area contributed by atoms with E-state index in [0.29, 0.717) is 11.5 Å². The zero-order valence-corrected chi connectivity index (χ0v) is 52.9. The number of allylic oxidation sites excluding steroid dienone is 4. The fourth-order valence-corrected chi connectivity index (χ4v) is 21.2. The first kappa shape index (κ1) is 70.9. The van der Waals surface area contributed by atoms with Gasteiger partial charge in [0, 0.05) is 0 Å². The topological polar surface area (TPSA) is 52.6 Å². The molecule has 0 aliphatic heterocycles. The molecule has 71 heavy (non-hydrogen) atoms. The number of carbonyl (C=O) groups is 2. The molecule has 0 spiro atoms. The van der Waals surface area contributed by atoms with Gasteiger partial charge in [-0.1, -0.05) is 102 Å². The first-order chi connectivity index (χ1) is 35.0. The molecular formula is C64H124O4S2Sn. The summed E-state index contributed by atoms with van der Waals surface area (Å²) in [6.07, 6.45) is 71.9. The van der Waals surface area contributed by atoms with Gasteiger partial charge in [0.05, 0.1) is 0 Å². The van der Waals surface area contributed by atoms with E-state index in [0.717, 1.165) is 58.9 Å². The van der Waals surface area contributed by atoms with E-state index in [1.54, 1.807) is 23.5 Å². The number of carbonyl (C=O) groups excluding carboxylic acids is 2. The Labute approximate surface area is 459 Å². The molecule has 0 bridgehead atoms. The molecule has 0 saturated heterocycles. The van der Waals surface area contributed by atoms with Gasteiger partial charge in [-0.3, -0.25) is 0 Å². The third-order valence-electron chi connectivity index (χ3n) is 14.5. The van der Waals surface area contributed by atoms with Crippen molar-refractivity contribution in [3.8, 4) is 0 Å². The Hall–Kier alpha value is -0.0813. The molecule has 0 aromatic heterocycles.